The van der Waals surface area contributed by atoms with Gasteiger partial charge in [-0.15, -0.1) is 0 Å². The number of H-pyrrole nitrogens is 1. The second kappa shape index (κ2) is 2.27. The zero-order valence-electron chi connectivity index (χ0n) is 6.55. The van der Waals surface area contributed by atoms with Gasteiger partial charge in [0.2, 0.25) is 0 Å². The zero-order chi connectivity index (χ0) is 9.64. The number of hydrogen-bond donors (Lipinski definition) is 2. The molecule has 70 valence electrons. The summed E-state index contributed by atoms with van der Waals surface area (Å²) in [5.41, 5.74) is 5.18. The third kappa shape index (κ3) is 1.28. The van der Waals surface area contributed by atoms with E-state index in [2.05, 4.69) is 10.2 Å². The van der Waals surface area contributed by atoms with Crippen LogP contribution in [0.4, 0.5) is 8.78 Å². The van der Waals surface area contributed by atoms with Crippen molar-refractivity contribution < 1.29 is 13.6 Å². The number of carbonyl (C=O) groups excluding carboxylic acids is 1. The molecule has 0 bridgehead atoms. The maximum Gasteiger partial charge on any atom is 0.269 e. The van der Waals surface area contributed by atoms with Crippen LogP contribution in [0.1, 0.15) is 28.5 Å². The normalized spacial score (nSPS) is 24.3. The highest BCUT2D eigenvalue weighted by Crippen LogP contribution is 2.55. The van der Waals surface area contributed by atoms with Crippen LogP contribution >= 0.6 is 0 Å². The number of halogens is 2. The molecule has 3 N–H and O–H groups in total. The standard InChI is InChI=1S/C7H7F2N3O/c8-7(9)2-3(7)4-1-5(6(10)13)12-11-4/h1,3H,2H2,(H2,10,13)(H,11,12). The Kier molecular flexibility index (Phi) is 1.43. The number of amides is 1. The number of nitrogens with zero attached hydrogens (tertiary/aromatic N) is 1. The van der Waals surface area contributed by atoms with E-state index in [9.17, 15) is 13.6 Å². The molecule has 4 nitrogen and oxygen atoms in total. The molecule has 6 heteroatoms. The quantitative estimate of drug-likeness (QED) is 0.712. The summed E-state index contributed by atoms with van der Waals surface area (Å²) in [4.78, 5) is 10.6. The van der Waals surface area contributed by atoms with Crippen LogP contribution in [0, 0.1) is 0 Å². The van der Waals surface area contributed by atoms with Gasteiger partial charge in [0.1, 0.15) is 5.69 Å². The molecule has 0 radical (unpaired) electrons. The molecular weight excluding hydrogens is 180 g/mol. The molecule has 0 aliphatic heterocycles. The first-order valence-electron chi connectivity index (χ1n) is 3.73. The summed E-state index contributed by atoms with van der Waals surface area (Å²) in [6, 6.07) is 1.27. The average molecular weight is 187 g/mol. The van der Waals surface area contributed by atoms with Crippen molar-refractivity contribution in [2.45, 2.75) is 18.3 Å². The van der Waals surface area contributed by atoms with E-state index in [4.69, 9.17) is 5.73 Å². The molecular formula is C7H7F2N3O. The van der Waals surface area contributed by atoms with Crippen LogP contribution in [0.3, 0.4) is 0 Å². The molecule has 1 heterocycles. The van der Waals surface area contributed by atoms with Crippen LogP contribution in [0.15, 0.2) is 6.07 Å². The van der Waals surface area contributed by atoms with Crippen molar-refractivity contribution in [1.82, 2.24) is 10.2 Å². The van der Waals surface area contributed by atoms with Gasteiger partial charge in [0, 0.05) is 12.1 Å². The Morgan fingerprint density at radius 3 is 2.77 bits per heavy atom. The molecule has 0 aromatic carbocycles. The lowest BCUT2D eigenvalue weighted by Crippen LogP contribution is -2.11. The highest BCUT2D eigenvalue weighted by molar-refractivity contribution is 5.90. The number of nitrogens with two attached hydrogens (primary N) is 1. The van der Waals surface area contributed by atoms with Gasteiger partial charge in [-0.2, -0.15) is 5.10 Å². The van der Waals surface area contributed by atoms with E-state index < -0.39 is 17.7 Å². The van der Waals surface area contributed by atoms with Crippen LogP contribution in [0.2, 0.25) is 0 Å². The van der Waals surface area contributed by atoms with Crippen molar-refractivity contribution in [2.24, 2.45) is 5.73 Å². The molecule has 1 amide bonds. The van der Waals surface area contributed by atoms with E-state index in [1.54, 1.807) is 0 Å². The first-order chi connectivity index (χ1) is 6.00. The van der Waals surface area contributed by atoms with E-state index in [0.29, 0.717) is 0 Å². The maximum absolute atomic E-state index is 12.5. The van der Waals surface area contributed by atoms with Crippen LogP contribution in [-0.4, -0.2) is 22.0 Å². The van der Waals surface area contributed by atoms with Gasteiger partial charge in [-0.3, -0.25) is 9.89 Å². The van der Waals surface area contributed by atoms with Gasteiger partial charge < -0.3 is 5.73 Å². The minimum atomic E-state index is -2.65. The van der Waals surface area contributed by atoms with E-state index in [0.717, 1.165) is 0 Å². The van der Waals surface area contributed by atoms with Crippen LogP contribution < -0.4 is 5.73 Å². The molecule has 0 spiro atoms. The number of aromatic amines is 1. The predicted octanol–water partition coefficient (Wildman–Crippen LogP) is 0.631. The zero-order valence-corrected chi connectivity index (χ0v) is 6.55. The molecule has 0 saturated heterocycles. The third-order valence-corrected chi connectivity index (χ3v) is 2.05. The van der Waals surface area contributed by atoms with Crippen molar-refractivity contribution in [3.8, 4) is 0 Å². The monoisotopic (exact) mass is 187 g/mol. The number of carbonyl (C=O) groups is 1. The lowest BCUT2D eigenvalue weighted by molar-refractivity contribution is 0.0994. The molecule has 1 aliphatic rings. The fourth-order valence-electron chi connectivity index (χ4n) is 1.19. The summed E-state index contributed by atoms with van der Waals surface area (Å²) in [6.07, 6.45) is -0.187. The van der Waals surface area contributed by atoms with E-state index >= 15 is 0 Å². The summed E-state index contributed by atoms with van der Waals surface area (Å²) in [5, 5.41) is 5.88. The Labute approximate surface area is 72.1 Å². The highest BCUT2D eigenvalue weighted by atomic mass is 19.3. The van der Waals surface area contributed by atoms with Crippen molar-refractivity contribution in [3.63, 3.8) is 0 Å². The van der Waals surface area contributed by atoms with E-state index in [-0.39, 0.29) is 17.8 Å². The summed E-state index contributed by atoms with van der Waals surface area (Å²) in [5.74, 6) is -4.19. The lowest BCUT2D eigenvalue weighted by atomic mass is 10.2. The number of rotatable bonds is 2. The Hall–Kier alpha value is -1.46. The Morgan fingerprint density at radius 2 is 2.38 bits per heavy atom. The SMILES string of the molecule is NC(=O)c1cc(C2CC2(F)F)[nH]n1. The Balaban J connectivity index is 2.20. The topological polar surface area (TPSA) is 71.8 Å². The Morgan fingerprint density at radius 1 is 1.77 bits per heavy atom. The summed E-state index contributed by atoms with van der Waals surface area (Å²) in [6.45, 7) is 0. The minimum Gasteiger partial charge on any atom is -0.364 e. The molecule has 1 unspecified atom stereocenters. The van der Waals surface area contributed by atoms with Crippen molar-refractivity contribution in [1.29, 1.82) is 0 Å². The molecule has 13 heavy (non-hydrogen) atoms. The smallest absolute Gasteiger partial charge is 0.269 e. The second-order valence-electron chi connectivity index (χ2n) is 3.09. The second-order valence-corrected chi connectivity index (χ2v) is 3.09. The summed E-state index contributed by atoms with van der Waals surface area (Å²) >= 11 is 0. The largest absolute Gasteiger partial charge is 0.364 e. The van der Waals surface area contributed by atoms with Gasteiger partial charge in [-0.1, -0.05) is 0 Å². The molecule has 1 aliphatic carbocycles. The van der Waals surface area contributed by atoms with E-state index in [1.807, 2.05) is 0 Å². The van der Waals surface area contributed by atoms with E-state index in [1.165, 1.54) is 6.07 Å². The molecule has 1 saturated carbocycles. The van der Waals surface area contributed by atoms with Crippen molar-refractivity contribution >= 4 is 5.91 Å². The highest BCUT2D eigenvalue weighted by Gasteiger charge is 2.58. The predicted molar refractivity (Wildman–Crippen MR) is 39.4 cm³/mol. The van der Waals surface area contributed by atoms with Crippen molar-refractivity contribution in [3.05, 3.63) is 17.5 Å². The van der Waals surface area contributed by atoms with Crippen LogP contribution in [0.25, 0.3) is 0 Å². The first-order valence-corrected chi connectivity index (χ1v) is 3.73. The fraction of sp³-hybridized carbons (Fsp3) is 0.429. The van der Waals surface area contributed by atoms with Gasteiger partial charge >= 0.3 is 0 Å². The maximum atomic E-state index is 12.5. The summed E-state index contributed by atoms with van der Waals surface area (Å²) in [7, 11) is 0. The van der Waals surface area contributed by atoms with Crippen LogP contribution in [-0.2, 0) is 0 Å². The number of primary amides is 1. The molecule has 1 atom stereocenters. The fourth-order valence-corrected chi connectivity index (χ4v) is 1.19. The number of alkyl halides is 2. The van der Waals surface area contributed by atoms with Crippen molar-refractivity contribution in [2.75, 3.05) is 0 Å². The van der Waals surface area contributed by atoms with Gasteiger partial charge in [-0.05, 0) is 6.07 Å². The third-order valence-electron chi connectivity index (χ3n) is 2.05. The van der Waals surface area contributed by atoms with Gasteiger partial charge in [0.15, 0.2) is 0 Å². The molecule has 1 aromatic heterocycles. The number of aromatic nitrogens is 2. The number of nitrogens with one attached hydrogen (secondary N) is 1. The average Bonchev–Trinajstić information content (AvgIpc) is 2.50. The first kappa shape index (κ1) is 8.15. The Bertz CT molecular complexity index is 360. The minimum absolute atomic E-state index is 0.00213. The molecule has 2 rings (SSSR count). The lowest BCUT2D eigenvalue weighted by Gasteiger charge is -1.91. The molecule has 1 fully saturated rings. The van der Waals surface area contributed by atoms with Gasteiger partial charge in [0.25, 0.3) is 11.8 Å². The van der Waals surface area contributed by atoms with Gasteiger partial charge in [0.05, 0.1) is 5.92 Å². The van der Waals surface area contributed by atoms with Crippen LogP contribution in [0.5, 0.6) is 0 Å². The molecule has 1 aromatic rings. The summed E-state index contributed by atoms with van der Waals surface area (Å²) < 4.78 is 25.1. The van der Waals surface area contributed by atoms with Gasteiger partial charge in [-0.25, -0.2) is 8.78 Å². The number of hydrogen-bond acceptors (Lipinski definition) is 2.